The lowest BCUT2D eigenvalue weighted by molar-refractivity contribution is -0.384. The first kappa shape index (κ1) is 10.8. The van der Waals surface area contributed by atoms with Gasteiger partial charge in [-0.05, 0) is 12.0 Å². The second-order valence-corrected chi connectivity index (χ2v) is 4.17. The van der Waals surface area contributed by atoms with Crippen LogP contribution in [0.2, 0.25) is 0 Å². The highest BCUT2D eigenvalue weighted by Gasteiger charge is 2.30. The van der Waals surface area contributed by atoms with Crippen LogP contribution in [0.25, 0.3) is 0 Å². The Balaban J connectivity index is 2.31. The normalized spacial score (nSPS) is 24.8. The molecule has 2 atom stereocenters. The van der Waals surface area contributed by atoms with Crippen molar-refractivity contribution in [3.63, 3.8) is 0 Å². The molecule has 1 aromatic rings. The molecule has 2 N–H and O–H groups in total. The molecular formula is C10H14N4O2. The highest BCUT2D eigenvalue weighted by Crippen LogP contribution is 2.30. The van der Waals surface area contributed by atoms with Crippen LogP contribution in [0.1, 0.15) is 6.92 Å². The van der Waals surface area contributed by atoms with Crippen molar-refractivity contribution in [3.8, 4) is 0 Å². The molecular weight excluding hydrogens is 208 g/mol. The third-order valence-electron chi connectivity index (χ3n) is 2.99. The van der Waals surface area contributed by atoms with E-state index in [-0.39, 0.29) is 11.7 Å². The summed E-state index contributed by atoms with van der Waals surface area (Å²) in [7, 11) is 0. The first-order chi connectivity index (χ1) is 7.59. The van der Waals surface area contributed by atoms with Gasteiger partial charge in [0.25, 0.3) is 0 Å². The highest BCUT2D eigenvalue weighted by atomic mass is 16.6. The zero-order valence-electron chi connectivity index (χ0n) is 9.04. The lowest BCUT2D eigenvalue weighted by Crippen LogP contribution is -2.28. The van der Waals surface area contributed by atoms with E-state index < -0.39 is 4.92 Å². The largest absolute Gasteiger partial charge is 0.364 e. The Morgan fingerprint density at radius 2 is 2.38 bits per heavy atom. The zero-order valence-corrected chi connectivity index (χ0v) is 9.04. The Morgan fingerprint density at radius 3 is 2.94 bits per heavy atom. The van der Waals surface area contributed by atoms with E-state index >= 15 is 0 Å². The molecule has 1 aliphatic heterocycles. The maximum absolute atomic E-state index is 10.8. The molecule has 0 aliphatic carbocycles. The van der Waals surface area contributed by atoms with Gasteiger partial charge >= 0.3 is 5.69 Å². The van der Waals surface area contributed by atoms with Gasteiger partial charge in [-0.3, -0.25) is 15.1 Å². The quantitative estimate of drug-likeness (QED) is 0.590. The maximum atomic E-state index is 10.8. The summed E-state index contributed by atoms with van der Waals surface area (Å²) in [5.74, 6) is 0.354. The molecule has 1 aliphatic rings. The minimum Gasteiger partial charge on any atom is -0.364 e. The summed E-state index contributed by atoms with van der Waals surface area (Å²) >= 11 is 0. The van der Waals surface area contributed by atoms with Crippen LogP contribution in [0.3, 0.4) is 0 Å². The van der Waals surface area contributed by atoms with E-state index in [9.17, 15) is 10.1 Å². The van der Waals surface area contributed by atoms with Crippen molar-refractivity contribution < 1.29 is 4.92 Å². The van der Waals surface area contributed by atoms with E-state index in [1.54, 1.807) is 12.3 Å². The Bertz CT molecular complexity index is 400. The molecule has 1 aromatic heterocycles. The van der Waals surface area contributed by atoms with Crippen molar-refractivity contribution in [2.24, 2.45) is 11.7 Å². The molecule has 0 saturated carbocycles. The Hall–Kier alpha value is -1.69. The Morgan fingerprint density at radius 1 is 1.62 bits per heavy atom. The monoisotopic (exact) mass is 222 g/mol. The van der Waals surface area contributed by atoms with Crippen LogP contribution >= 0.6 is 0 Å². The molecule has 0 bridgehead atoms. The number of pyridine rings is 1. The fourth-order valence-corrected chi connectivity index (χ4v) is 1.98. The summed E-state index contributed by atoms with van der Waals surface area (Å²) in [4.78, 5) is 16.2. The molecule has 6 nitrogen and oxygen atoms in total. The minimum atomic E-state index is -0.406. The first-order valence-electron chi connectivity index (χ1n) is 5.18. The van der Waals surface area contributed by atoms with Gasteiger partial charge in [0.05, 0.1) is 4.92 Å². The average Bonchev–Trinajstić information content (AvgIpc) is 2.59. The Kier molecular flexibility index (Phi) is 2.74. The van der Waals surface area contributed by atoms with Gasteiger partial charge < -0.3 is 10.6 Å². The average molecular weight is 222 g/mol. The number of anilines is 1. The number of nitro groups is 1. The molecule has 16 heavy (non-hydrogen) atoms. The predicted molar refractivity (Wildman–Crippen MR) is 60.2 cm³/mol. The molecule has 0 spiro atoms. The number of nitrogens with zero attached hydrogens (tertiary/aromatic N) is 3. The third kappa shape index (κ3) is 1.83. The van der Waals surface area contributed by atoms with Gasteiger partial charge in [0.1, 0.15) is 11.9 Å². The number of hydrogen-bond acceptors (Lipinski definition) is 5. The van der Waals surface area contributed by atoms with Crippen molar-refractivity contribution in [2.75, 3.05) is 18.0 Å². The van der Waals surface area contributed by atoms with Gasteiger partial charge in [0, 0.05) is 25.3 Å². The van der Waals surface area contributed by atoms with Crippen LogP contribution in [0, 0.1) is 16.0 Å². The van der Waals surface area contributed by atoms with Crippen molar-refractivity contribution in [2.45, 2.75) is 13.0 Å². The standard InChI is InChI=1S/C10H14N4O2/c1-7-5-13(6-8(7)11)9-2-3-12-4-10(9)14(15)16/h2-4,7-8H,5-6,11H2,1H3. The summed E-state index contributed by atoms with van der Waals surface area (Å²) in [6.45, 7) is 3.47. The van der Waals surface area contributed by atoms with Crippen molar-refractivity contribution in [3.05, 3.63) is 28.6 Å². The number of hydrogen-bond donors (Lipinski definition) is 1. The lowest BCUT2D eigenvalue weighted by atomic mass is 10.1. The fourth-order valence-electron chi connectivity index (χ4n) is 1.98. The summed E-state index contributed by atoms with van der Waals surface area (Å²) in [6, 6.07) is 1.75. The van der Waals surface area contributed by atoms with Crippen molar-refractivity contribution in [1.29, 1.82) is 0 Å². The number of nitrogens with two attached hydrogens (primary N) is 1. The second-order valence-electron chi connectivity index (χ2n) is 4.17. The number of aromatic nitrogens is 1. The Labute approximate surface area is 93.2 Å². The van der Waals surface area contributed by atoms with Gasteiger partial charge in [0.2, 0.25) is 0 Å². The molecule has 6 heteroatoms. The van der Waals surface area contributed by atoms with Crippen LogP contribution in [-0.2, 0) is 0 Å². The summed E-state index contributed by atoms with van der Waals surface area (Å²) in [5.41, 5.74) is 6.56. The predicted octanol–water partition coefficient (Wildman–Crippen LogP) is 0.773. The smallest absolute Gasteiger partial charge is 0.310 e. The molecule has 1 saturated heterocycles. The van der Waals surface area contributed by atoms with Crippen LogP contribution in [0.5, 0.6) is 0 Å². The zero-order chi connectivity index (χ0) is 11.7. The van der Waals surface area contributed by atoms with E-state index in [1.807, 2.05) is 4.90 Å². The van der Waals surface area contributed by atoms with Crippen LogP contribution in [0.15, 0.2) is 18.5 Å². The number of rotatable bonds is 2. The van der Waals surface area contributed by atoms with Crippen molar-refractivity contribution in [1.82, 2.24) is 4.98 Å². The molecule has 86 valence electrons. The molecule has 0 radical (unpaired) electrons. The summed E-state index contributed by atoms with van der Waals surface area (Å²) < 4.78 is 0. The molecule has 2 heterocycles. The molecule has 2 rings (SSSR count). The highest BCUT2D eigenvalue weighted by molar-refractivity contribution is 5.62. The fraction of sp³-hybridized carbons (Fsp3) is 0.500. The summed E-state index contributed by atoms with van der Waals surface area (Å²) in [5, 5.41) is 10.8. The molecule has 0 aromatic carbocycles. The van der Waals surface area contributed by atoms with E-state index in [4.69, 9.17) is 5.73 Å². The van der Waals surface area contributed by atoms with Crippen LogP contribution in [0.4, 0.5) is 11.4 Å². The molecule has 2 unspecified atom stereocenters. The van der Waals surface area contributed by atoms with Crippen LogP contribution < -0.4 is 10.6 Å². The first-order valence-corrected chi connectivity index (χ1v) is 5.18. The molecule has 1 fully saturated rings. The lowest BCUT2D eigenvalue weighted by Gasteiger charge is -2.17. The van der Waals surface area contributed by atoms with Gasteiger partial charge in [-0.2, -0.15) is 0 Å². The van der Waals surface area contributed by atoms with Gasteiger partial charge in [0.15, 0.2) is 0 Å². The van der Waals surface area contributed by atoms with E-state index in [0.29, 0.717) is 18.2 Å². The minimum absolute atomic E-state index is 0.0452. The summed E-state index contributed by atoms with van der Waals surface area (Å²) in [6.07, 6.45) is 2.85. The van der Waals surface area contributed by atoms with E-state index in [2.05, 4.69) is 11.9 Å². The second kappa shape index (κ2) is 4.05. The topological polar surface area (TPSA) is 85.3 Å². The van der Waals surface area contributed by atoms with Crippen LogP contribution in [-0.4, -0.2) is 29.0 Å². The third-order valence-corrected chi connectivity index (χ3v) is 2.99. The van der Waals surface area contributed by atoms with E-state index in [0.717, 1.165) is 6.54 Å². The molecule has 0 amide bonds. The van der Waals surface area contributed by atoms with Gasteiger partial charge in [-0.15, -0.1) is 0 Å². The van der Waals surface area contributed by atoms with E-state index in [1.165, 1.54) is 6.20 Å². The van der Waals surface area contributed by atoms with Crippen molar-refractivity contribution >= 4 is 11.4 Å². The maximum Gasteiger partial charge on any atom is 0.310 e. The van der Waals surface area contributed by atoms with Gasteiger partial charge in [-0.25, -0.2) is 0 Å². The van der Waals surface area contributed by atoms with Gasteiger partial charge in [-0.1, -0.05) is 6.92 Å². The SMILES string of the molecule is CC1CN(c2ccncc2[N+](=O)[O-])CC1N.